The van der Waals surface area contributed by atoms with E-state index >= 15 is 0 Å². The molecule has 0 bridgehead atoms. The Morgan fingerprint density at radius 3 is 3.05 bits per heavy atom. The topological polar surface area (TPSA) is 41.6 Å². The molecule has 2 aromatic heterocycles. The van der Waals surface area contributed by atoms with Gasteiger partial charge in [-0.25, -0.2) is 4.98 Å². The quantitative estimate of drug-likeness (QED) is 0.682. The number of nitriles is 1. The molecule has 0 spiro atoms. The van der Waals surface area contributed by atoms with Crippen LogP contribution in [0, 0.1) is 11.3 Å². The van der Waals surface area contributed by atoms with Crippen LogP contribution in [0.25, 0.3) is 21.7 Å². The first-order chi connectivity index (χ1) is 9.78. The fourth-order valence-electron chi connectivity index (χ4n) is 2.96. The molecule has 0 radical (unpaired) electrons. The zero-order valence-corrected chi connectivity index (χ0v) is 12.0. The van der Waals surface area contributed by atoms with E-state index in [1.165, 1.54) is 34.6 Å². The number of nitrogens with zero attached hydrogens (tertiary/aromatic N) is 3. The normalized spacial score (nSPS) is 13.6. The maximum atomic E-state index is 9.21. The summed E-state index contributed by atoms with van der Waals surface area (Å²) in [6.07, 6.45) is 3.68. The van der Waals surface area contributed by atoms with Gasteiger partial charge >= 0.3 is 0 Å². The molecule has 2 heterocycles. The van der Waals surface area contributed by atoms with E-state index in [1.807, 2.05) is 36.6 Å². The van der Waals surface area contributed by atoms with Crippen molar-refractivity contribution in [3.8, 4) is 16.8 Å². The summed E-state index contributed by atoms with van der Waals surface area (Å²) < 4.78 is 2.09. The van der Waals surface area contributed by atoms with Gasteiger partial charge in [0.2, 0.25) is 0 Å². The summed E-state index contributed by atoms with van der Waals surface area (Å²) in [4.78, 5) is 7.44. The van der Waals surface area contributed by atoms with Gasteiger partial charge < -0.3 is 4.57 Å². The predicted octanol–water partition coefficient (Wildman–Crippen LogP) is 3.66. The third kappa shape index (κ3) is 1.53. The van der Waals surface area contributed by atoms with Gasteiger partial charge in [0.05, 0.1) is 16.0 Å². The lowest BCUT2D eigenvalue weighted by atomic mass is 10.2. The lowest BCUT2D eigenvalue weighted by molar-refractivity contribution is 0.914. The molecule has 4 rings (SSSR count). The maximum Gasteiger partial charge on any atom is 0.151 e. The molecule has 0 unspecified atom stereocenters. The Morgan fingerprint density at radius 1 is 1.35 bits per heavy atom. The van der Waals surface area contributed by atoms with Gasteiger partial charge in [0.25, 0.3) is 0 Å². The highest BCUT2D eigenvalue weighted by molar-refractivity contribution is 7.15. The maximum absolute atomic E-state index is 9.21. The van der Waals surface area contributed by atoms with Crippen molar-refractivity contribution in [3.05, 3.63) is 40.3 Å². The highest BCUT2D eigenvalue weighted by Gasteiger charge is 2.19. The summed E-state index contributed by atoms with van der Waals surface area (Å²) in [6, 6.07) is 10.3. The molecule has 0 aliphatic heterocycles. The van der Waals surface area contributed by atoms with Gasteiger partial charge in [-0.05, 0) is 43.0 Å². The average molecular weight is 279 g/mol. The van der Waals surface area contributed by atoms with Crippen molar-refractivity contribution in [1.29, 1.82) is 5.26 Å². The summed E-state index contributed by atoms with van der Waals surface area (Å²) in [5.41, 5.74) is 3.96. The zero-order chi connectivity index (χ0) is 13.7. The number of fused-ring (bicyclic) bond motifs is 2. The van der Waals surface area contributed by atoms with Crippen LogP contribution < -0.4 is 0 Å². The number of rotatable bonds is 1. The number of benzene rings is 1. The first-order valence-corrected chi connectivity index (χ1v) is 7.57. The van der Waals surface area contributed by atoms with E-state index in [1.54, 1.807) is 0 Å². The van der Waals surface area contributed by atoms with Gasteiger partial charge in [0.1, 0.15) is 11.6 Å². The van der Waals surface area contributed by atoms with E-state index < -0.39 is 0 Å². The molecular formula is C16H13N3S. The van der Waals surface area contributed by atoms with Gasteiger partial charge in [0, 0.05) is 11.9 Å². The fraction of sp³-hybridized carbons (Fsp3) is 0.250. The van der Waals surface area contributed by atoms with Crippen LogP contribution in [0.1, 0.15) is 22.4 Å². The molecule has 4 heteroatoms. The number of imidazole rings is 1. The van der Waals surface area contributed by atoms with Gasteiger partial charge in [0.15, 0.2) is 5.82 Å². The monoisotopic (exact) mass is 279 g/mol. The minimum atomic E-state index is 0.647. The average Bonchev–Trinajstić information content (AvgIpc) is 3.11. The van der Waals surface area contributed by atoms with Crippen LogP contribution in [0.4, 0.5) is 0 Å². The Kier molecular flexibility index (Phi) is 2.45. The molecule has 1 aliphatic rings. The van der Waals surface area contributed by atoms with Crippen LogP contribution in [0.3, 0.4) is 0 Å². The summed E-state index contributed by atoms with van der Waals surface area (Å²) in [5, 5.41) is 9.21. The van der Waals surface area contributed by atoms with E-state index in [-0.39, 0.29) is 0 Å². The van der Waals surface area contributed by atoms with E-state index in [9.17, 15) is 5.26 Å². The van der Waals surface area contributed by atoms with Crippen molar-refractivity contribution in [3.63, 3.8) is 0 Å². The van der Waals surface area contributed by atoms with Crippen LogP contribution in [-0.2, 0) is 19.9 Å². The highest BCUT2D eigenvalue weighted by Crippen LogP contribution is 2.37. The number of hydrogen-bond acceptors (Lipinski definition) is 3. The van der Waals surface area contributed by atoms with E-state index in [2.05, 4.69) is 16.7 Å². The first-order valence-electron chi connectivity index (χ1n) is 6.75. The lowest BCUT2D eigenvalue weighted by Crippen LogP contribution is -1.90. The summed E-state index contributed by atoms with van der Waals surface area (Å²) >= 11 is 1.85. The fourth-order valence-corrected chi connectivity index (χ4v) is 4.24. The summed E-state index contributed by atoms with van der Waals surface area (Å²) in [7, 11) is 2.02. The Morgan fingerprint density at radius 2 is 2.25 bits per heavy atom. The molecule has 0 saturated heterocycles. The second-order valence-corrected chi connectivity index (χ2v) is 6.33. The molecule has 0 saturated carbocycles. The van der Waals surface area contributed by atoms with Crippen LogP contribution >= 0.6 is 11.3 Å². The second-order valence-electron chi connectivity index (χ2n) is 5.19. The number of aromatic nitrogens is 2. The Labute approximate surface area is 121 Å². The van der Waals surface area contributed by atoms with Gasteiger partial charge in [-0.15, -0.1) is 11.3 Å². The molecule has 0 fully saturated rings. The predicted molar refractivity (Wildman–Crippen MR) is 80.8 cm³/mol. The van der Waals surface area contributed by atoms with Crippen molar-refractivity contribution < 1.29 is 0 Å². The number of aryl methyl sites for hydroxylation is 3. The van der Waals surface area contributed by atoms with Crippen LogP contribution in [0.15, 0.2) is 24.3 Å². The van der Waals surface area contributed by atoms with E-state index in [4.69, 9.17) is 4.98 Å². The van der Waals surface area contributed by atoms with Gasteiger partial charge in [-0.3, -0.25) is 0 Å². The molecule has 1 aromatic carbocycles. The van der Waals surface area contributed by atoms with Crippen molar-refractivity contribution in [1.82, 2.24) is 9.55 Å². The molecular weight excluding hydrogens is 266 g/mol. The minimum Gasteiger partial charge on any atom is -0.326 e. The van der Waals surface area contributed by atoms with Crippen LogP contribution in [0.5, 0.6) is 0 Å². The lowest BCUT2D eigenvalue weighted by Gasteiger charge is -1.99. The SMILES string of the molecule is Cn1c(-c2cc3c(s2)CCC3)nc2c(C#N)cccc21. The summed E-state index contributed by atoms with van der Waals surface area (Å²) in [5.74, 6) is 0.974. The third-order valence-electron chi connectivity index (χ3n) is 4.00. The number of hydrogen-bond donors (Lipinski definition) is 0. The van der Waals surface area contributed by atoms with Crippen molar-refractivity contribution in [2.45, 2.75) is 19.3 Å². The van der Waals surface area contributed by atoms with Crippen molar-refractivity contribution in [2.24, 2.45) is 7.05 Å². The largest absolute Gasteiger partial charge is 0.326 e. The molecule has 1 aliphatic carbocycles. The molecule has 0 N–H and O–H groups in total. The van der Waals surface area contributed by atoms with Gasteiger partial charge in [-0.1, -0.05) is 6.07 Å². The van der Waals surface area contributed by atoms with Crippen LogP contribution in [0.2, 0.25) is 0 Å². The molecule has 0 amide bonds. The molecule has 3 aromatic rings. The first kappa shape index (κ1) is 11.7. The van der Waals surface area contributed by atoms with E-state index in [0.717, 1.165) is 16.9 Å². The third-order valence-corrected chi connectivity index (χ3v) is 5.23. The zero-order valence-electron chi connectivity index (χ0n) is 11.2. The Balaban J connectivity index is 1.96. The smallest absolute Gasteiger partial charge is 0.151 e. The van der Waals surface area contributed by atoms with Crippen molar-refractivity contribution >= 4 is 22.4 Å². The standard InChI is InChI=1S/C16H13N3S/c1-19-12-6-2-5-11(9-17)15(12)18-16(19)14-8-10-4-3-7-13(10)20-14/h2,5-6,8H,3-4,7H2,1H3. The highest BCUT2D eigenvalue weighted by atomic mass is 32.1. The van der Waals surface area contributed by atoms with Crippen molar-refractivity contribution in [2.75, 3.05) is 0 Å². The number of thiophene rings is 1. The molecule has 98 valence electrons. The number of para-hydroxylation sites is 1. The minimum absolute atomic E-state index is 0.647. The molecule has 0 atom stereocenters. The van der Waals surface area contributed by atoms with E-state index in [0.29, 0.717) is 5.56 Å². The Hall–Kier alpha value is -2.12. The Bertz CT molecular complexity index is 842. The van der Waals surface area contributed by atoms with Crippen LogP contribution in [-0.4, -0.2) is 9.55 Å². The second kappa shape index (κ2) is 4.19. The summed E-state index contributed by atoms with van der Waals surface area (Å²) in [6.45, 7) is 0. The molecule has 3 nitrogen and oxygen atoms in total. The molecule has 20 heavy (non-hydrogen) atoms. The van der Waals surface area contributed by atoms with Gasteiger partial charge in [-0.2, -0.15) is 5.26 Å².